The van der Waals surface area contributed by atoms with Gasteiger partial charge in [-0.25, -0.2) is 4.98 Å². The second-order valence-electron chi connectivity index (χ2n) is 3.94. The van der Waals surface area contributed by atoms with Gasteiger partial charge in [-0.15, -0.1) is 11.3 Å². The molecule has 0 radical (unpaired) electrons. The van der Waals surface area contributed by atoms with Crippen molar-refractivity contribution < 1.29 is 0 Å². The first kappa shape index (κ1) is 12.4. The number of nitrogens with zero attached hydrogens (tertiary/aromatic N) is 1. The molecule has 0 aliphatic carbocycles. The van der Waals surface area contributed by atoms with Crippen molar-refractivity contribution in [3.8, 4) is 0 Å². The Morgan fingerprint density at radius 1 is 1.60 bits per heavy atom. The summed E-state index contributed by atoms with van der Waals surface area (Å²) in [5.74, 6) is 0.589. The minimum atomic E-state index is 0.589. The molecule has 84 valence electrons. The predicted octanol–water partition coefficient (Wildman–Crippen LogP) is 3.10. The second kappa shape index (κ2) is 6.03. The first-order valence-corrected chi connectivity index (χ1v) is 6.28. The number of thiazole rings is 1. The lowest BCUT2D eigenvalue weighted by Crippen LogP contribution is -2.18. The Hall–Kier alpha value is -0.670. The lowest BCUT2D eigenvalue weighted by molar-refractivity contribution is 0.683. The average Bonchev–Trinajstić information content (AvgIpc) is 2.58. The van der Waals surface area contributed by atoms with Crippen LogP contribution in [-0.2, 0) is 0 Å². The molecule has 0 spiro atoms. The van der Waals surface area contributed by atoms with Gasteiger partial charge in [0.15, 0.2) is 0 Å². The summed E-state index contributed by atoms with van der Waals surface area (Å²) in [7, 11) is 0. The Morgan fingerprint density at radius 3 is 2.80 bits per heavy atom. The van der Waals surface area contributed by atoms with Crippen LogP contribution in [0.25, 0.3) is 6.08 Å². The van der Waals surface area contributed by atoms with Gasteiger partial charge in [0.2, 0.25) is 0 Å². The van der Waals surface area contributed by atoms with Crippen LogP contribution in [-0.4, -0.2) is 18.1 Å². The molecule has 1 rings (SSSR count). The Balaban J connectivity index is 2.74. The van der Waals surface area contributed by atoms with E-state index in [0.717, 1.165) is 18.1 Å². The van der Waals surface area contributed by atoms with Crippen LogP contribution in [0.1, 0.15) is 30.7 Å². The van der Waals surface area contributed by atoms with Crippen LogP contribution >= 0.6 is 11.3 Å². The van der Waals surface area contributed by atoms with E-state index < -0.39 is 0 Å². The molecular weight excluding hydrogens is 204 g/mol. The van der Waals surface area contributed by atoms with E-state index in [4.69, 9.17) is 0 Å². The molecule has 0 unspecified atom stereocenters. The third-order valence-corrected chi connectivity index (χ3v) is 3.15. The zero-order valence-corrected chi connectivity index (χ0v) is 10.8. The first-order valence-electron chi connectivity index (χ1n) is 5.47. The van der Waals surface area contributed by atoms with Crippen LogP contribution in [0.4, 0.5) is 0 Å². The van der Waals surface area contributed by atoms with Crippen LogP contribution in [0.3, 0.4) is 0 Å². The highest BCUT2D eigenvalue weighted by Crippen LogP contribution is 2.18. The van der Waals surface area contributed by atoms with Gasteiger partial charge in [0.25, 0.3) is 0 Å². The monoisotopic (exact) mass is 224 g/mol. The van der Waals surface area contributed by atoms with Crippen LogP contribution in [0.5, 0.6) is 0 Å². The fourth-order valence-corrected chi connectivity index (χ4v) is 2.08. The van der Waals surface area contributed by atoms with Gasteiger partial charge in [0.05, 0.1) is 5.01 Å². The summed E-state index contributed by atoms with van der Waals surface area (Å²) >= 11 is 1.75. The topological polar surface area (TPSA) is 24.9 Å². The highest BCUT2D eigenvalue weighted by molar-refractivity contribution is 7.12. The fourth-order valence-electron chi connectivity index (χ4n) is 1.32. The number of hydrogen-bond donors (Lipinski definition) is 1. The summed E-state index contributed by atoms with van der Waals surface area (Å²) < 4.78 is 0. The molecule has 1 aromatic heterocycles. The molecule has 2 nitrogen and oxygen atoms in total. The molecule has 0 saturated carbocycles. The van der Waals surface area contributed by atoms with Gasteiger partial charge in [0, 0.05) is 17.6 Å². The van der Waals surface area contributed by atoms with E-state index in [9.17, 15) is 0 Å². The van der Waals surface area contributed by atoms with E-state index in [2.05, 4.69) is 37.1 Å². The van der Waals surface area contributed by atoms with Gasteiger partial charge < -0.3 is 5.32 Å². The summed E-state index contributed by atoms with van der Waals surface area (Å²) in [6.45, 7) is 10.6. The zero-order chi connectivity index (χ0) is 11.3. The summed E-state index contributed by atoms with van der Waals surface area (Å²) in [6, 6.07) is 0. The zero-order valence-electron chi connectivity index (χ0n) is 10.0. The molecule has 0 saturated heterocycles. The highest BCUT2D eigenvalue weighted by Gasteiger charge is 2.04. The van der Waals surface area contributed by atoms with Crippen molar-refractivity contribution in [3.05, 3.63) is 21.7 Å². The standard InChI is InChI=1S/C12H20N2S/c1-5-13-7-11(9(2)3)6-12-8-14-10(4)15-12/h6,8-9,13H,5,7H2,1-4H3. The molecule has 0 aromatic carbocycles. The Labute approximate surface area is 96.4 Å². The van der Waals surface area contributed by atoms with Crippen molar-refractivity contribution in [1.29, 1.82) is 0 Å². The van der Waals surface area contributed by atoms with E-state index >= 15 is 0 Å². The molecule has 0 aliphatic rings. The van der Waals surface area contributed by atoms with Gasteiger partial charge >= 0.3 is 0 Å². The van der Waals surface area contributed by atoms with E-state index in [1.165, 1.54) is 10.5 Å². The van der Waals surface area contributed by atoms with Crippen LogP contribution in [0.15, 0.2) is 11.8 Å². The number of hydrogen-bond acceptors (Lipinski definition) is 3. The highest BCUT2D eigenvalue weighted by atomic mass is 32.1. The Kier molecular flexibility index (Phi) is 4.99. The lowest BCUT2D eigenvalue weighted by atomic mass is 10.0. The molecule has 3 heteroatoms. The van der Waals surface area contributed by atoms with Crippen molar-refractivity contribution in [2.75, 3.05) is 13.1 Å². The number of nitrogens with one attached hydrogen (secondary N) is 1. The first-order chi connectivity index (χ1) is 7.13. The van der Waals surface area contributed by atoms with Crippen LogP contribution in [0, 0.1) is 12.8 Å². The third-order valence-electron chi connectivity index (χ3n) is 2.29. The third kappa shape index (κ3) is 4.14. The Morgan fingerprint density at radius 2 is 2.33 bits per heavy atom. The number of aryl methyl sites for hydroxylation is 1. The summed E-state index contributed by atoms with van der Waals surface area (Å²) in [5, 5.41) is 4.50. The molecule has 0 atom stereocenters. The average molecular weight is 224 g/mol. The van der Waals surface area contributed by atoms with Gasteiger partial charge in [0.1, 0.15) is 0 Å². The minimum Gasteiger partial charge on any atom is -0.313 e. The Bertz CT molecular complexity index is 326. The maximum absolute atomic E-state index is 4.26. The maximum atomic E-state index is 4.26. The van der Waals surface area contributed by atoms with Gasteiger partial charge in [-0.2, -0.15) is 0 Å². The predicted molar refractivity (Wildman–Crippen MR) is 68.2 cm³/mol. The summed E-state index contributed by atoms with van der Waals surface area (Å²) in [5.41, 5.74) is 1.44. The SMILES string of the molecule is CCNCC(=Cc1cnc(C)s1)C(C)C. The largest absolute Gasteiger partial charge is 0.313 e. The van der Waals surface area contributed by atoms with E-state index in [1.54, 1.807) is 11.3 Å². The molecule has 1 heterocycles. The van der Waals surface area contributed by atoms with Crippen molar-refractivity contribution in [1.82, 2.24) is 10.3 Å². The van der Waals surface area contributed by atoms with Crippen LogP contribution < -0.4 is 5.32 Å². The molecule has 0 bridgehead atoms. The number of rotatable bonds is 5. The molecule has 1 N–H and O–H groups in total. The second-order valence-corrected chi connectivity index (χ2v) is 5.20. The van der Waals surface area contributed by atoms with Crippen molar-refractivity contribution in [2.24, 2.45) is 5.92 Å². The molecular formula is C12H20N2S. The van der Waals surface area contributed by atoms with Gasteiger partial charge in [-0.1, -0.05) is 26.3 Å². The van der Waals surface area contributed by atoms with Gasteiger partial charge in [-0.3, -0.25) is 0 Å². The molecule has 0 fully saturated rings. The molecule has 15 heavy (non-hydrogen) atoms. The molecule has 1 aromatic rings. The number of likely N-dealkylation sites (N-methyl/N-ethyl adjacent to an activating group) is 1. The van der Waals surface area contributed by atoms with E-state index in [0.29, 0.717) is 5.92 Å². The summed E-state index contributed by atoms with van der Waals surface area (Å²) in [6.07, 6.45) is 4.21. The van der Waals surface area contributed by atoms with E-state index in [-0.39, 0.29) is 0 Å². The number of aromatic nitrogens is 1. The molecule has 0 amide bonds. The minimum absolute atomic E-state index is 0.589. The van der Waals surface area contributed by atoms with Crippen molar-refractivity contribution >= 4 is 17.4 Å². The van der Waals surface area contributed by atoms with Gasteiger partial charge in [-0.05, 0) is 25.5 Å². The lowest BCUT2D eigenvalue weighted by Gasteiger charge is -2.11. The van der Waals surface area contributed by atoms with Crippen molar-refractivity contribution in [3.63, 3.8) is 0 Å². The fraction of sp³-hybridized carbons (Fsp3) is 0.583. The van der Waals surface area contributed by atoms with E-state index in [1.807, 2.05) is 13.1 Å². The maximum Gasteiger partial charge on any atom is 0.0900 e. The smallest absolute Gasteiger partial charge is 0.0900 e. The normalized spacial score (nSPS) is 12.5. The quantitative estimate of drug-likeness (QED) is 0.831. The molecule has 0 aliphatic heterocycles. The summed E-state index contributed by atoms with van der Waals surface area (Å²) in [4.78, 5) is 5.52. The van der Waals surface area contributed by atoms with Crippen LogP contribution in [0.2, 0.25) is 0 Å². The van der Waals surface area contributed by atoms with Crippen molar-refractivity contribution in [2.45, 2.75) is 27.7 Å².